The number of nitrogens with one attached hydrogen (secondary N) is 1. The van der Waals surface area contributed by atoms with Gasteiger partial charge in [0.1, 0.15) is 0 Å². The zero-order valence-electron chi connectivity index (χ0n) is 13.7. The molecule has 25 heavy (non-hydrogen) atoms. The third-order valence-electron chi connectivity index (χ3n) is 3.80. The number of hydrogen-bond donors (Lipinski definition) is 1. The molecule has 0 spiro atoms. The first-order valence-corrected chi connectivity index (χ1v) is 9.99. The minimum absolute atomic E-state index is 0.0122. The quantitative estimate of drug-likeness (QED) is 0.673. The lowest BCUT2D eigenvalue weighted by Gasteiger charge is -2.26. The monoisotopic (exact) mass is 388 g/mol. The second-order valence-corrected chi connectivity index (χ2v) is 8.08. The summed E-state index contributed by atoms with van der Waals surface area (Å²) >= 11 is 5.94. The maximum absolute atomic E-state index is 12.1. The maximum Gasteiger partial charge on any atom is 0.220 e. The highest BCUT2D eigenvalue weighted by Crippen LogP contribution is 2.17. The van der Waals surface area contributed by atoms with Crippen molar-refractivity contribution in [1.29, 1.82) is 0 Å². The molecule has 7 nitrogen and oxygen atoms in total. The van der Waals surface area contributed by atoms with Gasteiger partial charge in [-0.05, 0) is 12.1 Å². The fraction of sp³-hybridized carbons (Fsp3) is 0.500. The van der Waals surface area contributed by atoms with E-state index in [4.69, 9.17) is 16.3 Å². The Bertz CT molecular complexity index is 717. The average Bonchev–Trinajstić information content (AvgIpc) is 2.60. The normalized spacial score (nSPS) is 15.7. The van der Waals surface area contributed by atoms with E-state index in [2.05, 4.69) is 5.32 Å². The van der Waals surface area contributed by atoms with E-state index in [0.29, 0.717) is 36.9 Å². The SMILES string of the molecule is O=C(CCC(=O)c1ccccc1Cl)NCCS(=O)(=O)N1CCOCC1. The summed E-state index contributed by atoms with van der Waals surface area (Å²) in [6.07, 6.45) is 0.00738. The molecule has 1 amide bonds. The van der Waals surface area contributed by atoms with E-state index in [1.54, 1.807) is 24.3 Å². The van der Waals surface area contributed by atoms with E-state index in [-0.39, 0.29) is 36.8 Å². The summed E-state index contributed by atoms with van der Waals surface area (Å²) in [7, 11) is -3.40. The molecule has 0 aliphatic carbocycles. The van der Waals surface area contributed by atoms with Crippen LogP contribution in [0.1, 0.15) is 23.2 Å². The lowest BCUT2D eigenvalue weighted by atomic mass is 10.1. The number of Topliss-reactive ketones (excluding diaryl/α,β-unsaturated/α-hetero) is 1. The first kappa shape index (κ1) is 19.8. The van der Waals surface area contributed by atoms with Crippen LogP contribution in [0.3, 0.4) is 0 Å². The molecular weight excluding hydrogens is 368 g/mol. The number of morpholine rings is 1. The Balaban J connectivity index is 1.72. The molecule has 1 aromatic carbocycles. The van der Waals surface area contributed by atoms with Crippen LogP contribution in [0, 0.1) is 0 Å². The Kier molecular flexibility index (Phi) is 7.37. The molecule has 0 radical (unpaired) electrons. The summed E-state index contributed by atoms with van der Waals surface area (Å²) in [5, 5.41) is 2.89. The molecule has 0 aromatic heterocycles. The fourth-order valence-corrected chi connectivity index (χ4v) is 3.98. The van der Waals surface area contributed by atoms with Gasteiger partial charge in [0.05, 0.1) is 24.0 Å². The number of nitrogens with zero attached hydrogens (tertiary/aromatic N) is 1. The molecule has 1 aliphatic heterocycles. The highest BCUT2D eigenvalue weighted by molar-refractivity contribution is 7.89. The van der Waals surface area contributed by atoms with Gasteiger partial charge < -0.3 is 10.1 Å². The third kappa shape index (κ3) is 6.07. The predicted molar refractivity (Wildman–Crippen MR) is 94.2 cm³/mol. The number of rotatable bonds is 8. The molecule has 1 N–H and O–H groups in total. The summed E-state index contributed by atoms with van der Waals surface area (Å²) in [4.78, 5) is 23.8. The second-order valence-electron chi connectivity index (χ2n) is 5.58. The number of ether oxygens (including phenoxy) is 1. The van der Waals surface area contributed by atoms with Gasteiger partial charge in [-0.1, -0.05) is 23.7 Å². The number of carbonyl (C=O) groups is 2. The highest BCUT2D eigenvalue weighted by Gasteiger charge is 2.24. The van der Waals surface area contributed by atoms with Crippen LogP contribution in [0.2, 0.25) is 5.02 Å². The number of amides is 1. The Morgan fingerprint density at radius 1 is 1.16 bits per heavy atom. The van der Waals surface area contributed by atoms with Crippen LogP contribution in [-0.2, 0) is 19.6 Å². The van der Waals surface area contributed by atoms with Crippen molar-refractivity contribution in [3.63, 3.8) is 0 Å². The van der Waals surface area contributed by atoms with Crippen LogP contribution < -0.4 is 5.32 Å². The van der Waals surface area contributed by atoms with Gasteiger partial charge in [-0.15, -0.1) is 0 Å². The zero-order chi connectivity index (χ0) is 18.3. The number of benzene rings is 1. The zero-order valence-corrected chi connectivity index (χ0v) is 15.3. The van der Waals surface area contributed by atoms with Gasteiger partial charge in [0.15, 0.2) is 5.78 Å². The first-order chi connectivity index (χ1) is 11.9. The Hall–Kier alpha value is -1.48. The highest BCUT2D eigenvalue weighted by atomic mass is 35.5. The van der Waals surface area contributed by atoms with E-state index in [0.717, 1.165) is 0 Å². The van der Waals surface area contributed by atoms with Crippen molar-refractivity contribution >= 4 is 33.3 Å². The predicted octanol–water partition coefficient (Wildman–Crippen LogP) is 1.08. The number of carbonyl (C=O) groups excluding carboxylic acids is 2. The molecule has 9 heteroatoms. The Labute approximate surface area is 152 Å². The molecule has 1 fully saturated rings. The second kappa shape index (κ2) is 9.28. The number of ketones is 1. The molecule has 0 saturated carbocycles. The van der Waals surface area contributed by atoms with Gasteiger partial charge in [-0.2, -0.15) is 4.31 Å². The standard InChI is InChI=1S/C16H21ClN2O5S/c17-14-4-2-1-3-13(14)15(20)5-6-16(21)18-7-12-25(22,23)19-8-10-24-11-9-19/h1-4H,5-12H2,(H,18,21). The van der Waals surface area contributed by atoms with E-state index in [1.807, 2.05) is 0 Å². The molecule has 0 atom stereocenters. The molecule has 1 aromatic rings. The van der Waals surface area contributed by atoms with Crippen LogP contribution in [0.5, 0.6) is 0 Å². The van der Waals surface area contributed by atoms with E-state index in [1.165, 1.54) is 4.31 Å². The van der Waals surface area contributed by atoms with Gasteiger partial charge in [0.25, 0.3) is 0 Å². The van der Waals surface area contributed by atoms with Crippen molar-refractivity contribution in [3.8, 4) is 0 Å². The van der Waals surface area contributed by atoms with Crippen LogP contribution in [0.25, 0.3) is 0 Å². The van der Waals surface area contributed by atoms with Crippen LogP contribution >= 0.6 is 11.6 Å². The topological polar surface area (TPSA) is 92.8 Å². The molecule has 1 heterocycles. The summed E-state index contributed by atoms with van der Waals surface area (Å²) in [6, 6.07) is 6.65. The van der Waals surface area contributed by atoms with Crippen molar-refractivity contribution in [2.24, 2.45) is 0 Å². The minimum Gasteiger partial charge on any atom is -0.379 e. The number of halogens is 1. The van der Waals surface area contributed by atoms with Gasteiger partial charge in [-0.25, -0.2) is 8.42 Å². The number of sulfonamides is 1. The summed E-state index contributed by atoms with van der Waals surface area (Å²) in [5.74, 6) is -0.753. The van der Waals surface area contributed by atoms with Crippen LogP contribution in [0.4, 0.5) is 0 Å². The molecular formula is C16H21ClN2O5S. The molecule has 1 saturated heterocycles. The fourth-order valence-electron chi connectivity index (χ4n) is 2.41. The summed E-state index contributed by atoms with van der Waals surface area (Å²) in [5.41, 5.74) is 0.381. The largest absolute Gasteiger partial charge is 0.379 e. The molecule has 138 valence electrons. The van der Waals surface area contributed by atoms with Gasteiger partial charge in [0, 0.05) is 38.0 Å². The van der Waals surface area contributed by atoms with Crippen molar-refractivity contribution in [2.75, 3.05) is 38.6 Å². The third-order valence-corrected chi connectivity index (χ3v) is 6.00. The summed E-state index contributed by atoms with van der Waals surface area (Å²) in [6.45, 7) is 1.45. The first-order valence-electron chi connectivity index (χ1n) is 8.00. The van der Waals surface area contributed by atoms with Crippen LogP contribution in [0.15, 0.2) is 24.3 Å². The van der Waals surface area contributed by atoms with Crippen molar-refractivity contribution < 1.29 is 22.7 Å². The number of hydrogen-bond acceptors (Lipinski definition) is 5. The Morgan fingerprint density at radius 3 is 2.52 bits per heavy atom. The minimum atomic E-state index is -3.40. The van der Waals surface area contributed by atoms with Crippen molar-refractivity contribution in [3.05, 3.63) is 34.9 Å². The average molecular weight is 389 g/mol. The lowest BCUT2D eigenvalue weighted by molar-refractivity contribution is -0.120. The van der Waals surface area contributed by atoms with Crippen LogP contribution in [-0.4, -0.2) is 63.0 Å². The maximum atomic E-state index is 12.1. The summed E-state index contributed by atoms with van der Waals surface area (Å²) < 4.78 is 30.7. The van der Waals surface area contributed by atoms with Gasteiger partial charge >= 0.3 is 0 Å². The van der Waals surface area contributed by atoms with Crippen molar-refractivity contribution in [1.82, 2.24) is 9.62 Å². The molecule has 0 bridgehead atoms. The smallest absolute Gasteiger partial charge is 0.220 e. The molecule has 0 unspecified atom stereocenters. The van der Waals surface area contributed by atoms with E-state index in [9.17, 15) is 18.0 Å². The van der Waals surface area contributed by atoms with E-state index < -0.39 is 10.0 Å². The molecule has 2 rings (SSSR count). The Morgan fingerprint density at radius 2 is 1.84 bits per heavy atom. The van der Waals surface area contributed by atoms with Crippen molar-refractivity contribution in [2.45, 2.75) is 12.8 Å². The lowest BCUT2D eigenvalue weighted by Crippen LogP contribution is -2.43. The van der Waals surface area contributed by atoms with E-state index >= 15 is 0 Å². The van der Waals surface area contributed by atoms with Gasteiger partial charge in [-0.3, -0.25) is 9.59 Å². The van der Waals surface area contributed by atoms with Gasteiger partial charge in [0.2, 0.25) is 15.9 Å². The molecule has 1 aliphatic rings.